The van der Waals surface area contributed by atoms with E-state index >= 15 is 0 Å². The second-order valence-corrected chi connectivity index (χ2v) is 16.7. The van der Waals surface area contributed by atoms with Gasteiger partial charge >= 0.3 is 12.2 Å². The minimum atomic E-state index is -0.785. The van der Waals surface area contributed by atoms with Gasteiger partial charge in [-0.15, -0.1) is 0 Å². The van der Waals surface area contributed by atoms with Crippen molar-refractivity contribution in [2.24, 2.45) is 0 Å². The van der Waals surface area contributed by atoms with Gasteiger partial charge in [0.25, 0.3) is 0 Å². The Morgan fingerprint density at radius 3 is 1.28 bits per heavy atom. The molecule has 0 bridgehead atoms. The third-order valence-corrected chi connectivity index (χ3v) is 9.71. The molecule has 0 saturated carbocycles. The van der Waals surface area contributed by atoms with Crippen LogP contribution in [0.15, 0.2) is 97.1 Å². The number of piperidine rings is 2. The first kappa shape index (κ1) is 43.9. The lowest BCUT2D eigenvalue weighted by atomic mass is 9.87. The van der Waals surface area contributed by atoms with Gasteiger partial charge in [0.1, 0.15) is 24.4 Å². The first-order chi connectivity index (χ1) is 27.5. The Morgan fingerprint density at radius 2 is 0.966 bits per heavy atom. The molecule has 10 nitrogen and oxygen atoms in total. The molecule has 312 valence electrons. The van der Waals surface area contributed by atoms with Gasteiger partial charge in [0.05, 0.1) is 25.3 Å². The first-order valence-corrected chi connectivity index (χ1v) is 19.7. The fourth-order valence-electron chi connectivity index (χ4n) is 6.83. The summed E-state index contributed by atoms with van der Waals surface area (Å²) in [5.41, 5.74) is 2.15. The van der Waals surface area contributed by atoms with Crippen molar-refractivity contribution >= 4 is 12.2 Å². The molecule has 0 aromatic heterocycles. The van der Waals surface area contributed by atoms with Crippen molar-refractivity contribution in [3.05, 3.63) is 131 Å². The maximum atomic E-state index is 14.5. The van der Waals surface area contributed by atoms with Crippen LogP contribution in [0.3, 0.4) is 0 Å². The third-order valence-electron chi connectivity index (χ3n) is 9.71. The molecule has 58 heavy (non-hydrogen) atoms. The summed E-state index contributed by atoms with van der Waals surface area (Å²) in [6.45, 7) is 12.6. The van der Waals surface area contributed by atoms with Crippen LogP contribution in [0, 0.1) is 11.6 Å². The lowest BCUT2D eigenvalue weighted by molar-refractivity contribution is -0.00197. The van der Waals surface area contributed by atoms with Gasteiger partial charge in [-0.2, -0.15) is 0 Å². The van der Waals surface area contributed by atoms with Gasteiger partial charge in [-0.25, -0.2) is 18.4 Å². The molecular weight excluding hydrogens is 747 g/mol. The lowest BCUT2D eigenvalue weighted by Crippen LogP contribution is -2.47. The second kappa shape index (κ2) is 19.5. The first-order valence-electron chi connectivity index (χ1n) is 19.7. The van der Waals surface area contributed by atoms with Crippen LogP contribution in [0.5, 0.6) is 11.5 Å². The molecule has 6 rings (SSSR count). The fraction of sp³-hybridized carbons (Fsp3) is 0.435. The molecule has 2 fully saturated rings. The highest BCUT2D eigenvalue weighted by Gasteiger charge is 2.35. The van der Waals surface area contributed by atoms with Crippen LogP contribution in [0.1, 0.15) is 88.5 Å². The Balaban J connectivity index is 0.000000221. The number of ether oxygens (including phenoxy) is 4. The summed E-state index contributed by atoms with van der Waals surface area (Å²) in [6.07, 6.45) is -1.39. The van der Waals surface area contributed by atoms with Crippen molar-refractivity contribution in [3.63, 3.8) is 0 Å². The van der Waals surface area contributed by atoms with E-state index in [4.69, 9.17) is 18.9 Å². The van der Waals surface area contributed by atoms with E-state index in [-0.39, 0.29) is 49.6 Å². The van der Waals surface area contributed by atoms with E-state index in [1.54, 1.807) is 65.8 Å². The van der Waals surface area contributed by atoms with Gasteiger partial charge in [-0.1, -0.05) is 72.8 Å². The van der Waals surface area contributed by atoms with Gasteiger partial charge in [0.15, 0.2) is 23.1 Å². The van der Waals surface area contributed by atoms with Crippen molar-refractivity contribution in [2.45, 2.75) is 103 Å². The molecule has 2 aliphatic rings. The number of benzene rings is 4. The second-order valence-electron chi connectivity index (χ2n) is 16.7. The molecule has 0 radical (unpaired) electrons. The number of rotatable bonds is 8. The Kier molecular flexibility index (Phi) is 14.8. The Bertz CT molecular complexity index is 1810. The minimum Gasteiger partial charge on any atom is -0.486 e. The summed E-state index contributed by atoms with van der Waals surface area (Å²) in [5, 5.41) is 21.1. The zero-order valence-corrected chi connectivity index (χ0v) is 34.2. The summed E-state index contributed by atoms with van der Waals surface area (Å²) in [7, 11) is 0. The number of β-amino-alcohol motifs (C(OH)–C–C–N with tert-alkyl or cyclic N) is 2. The number of hydrogen-bond donors (Lipinski definition) is 2. The topological polar surface area (TPSA) is 118 Å². The Hall–Kier alpha value is -5.20. The zero-order valence-electron chi connectivity index (χ0n) is 34.2. The van der Waals surface area contributed by atoms with Crippen LogP contribution < -0.4 is 9.47 Å². The molecule has 0 unspecified atom stereocenters. The molecule has 0 spiro atoms. The average molecular weight is 803 g/mol. The van der Waals surface area contributed by atoms with Crippen molar-refractivity contribution in [1.82, 2.24) is 9.80 Å². The number of hydrogen-bond acceptors (Lipinski definition) is 8. The van der Waals surface area contributed by atoms with E-state index in [1.807, 2.05) is 60.7 Å². The zero-order chi connectivity index (χ0) is 42.0. The molecule has 2 aliphatic heterocycles. The van der Waals surface area contributed by atoms with Crippen LogP contribution in [-0.4, -0.2) is 81.8 Å². The molecule has 2 N–H and O–H groups in total. The number of aliphatic hydroxyl groups excluding tert-OH is 2. The summed E-state index contributed by atoms with van der Waals surface area (Å²) >= 11 is 0. The van der Waals surface area contributed by atoms with Crippen molar-refractivity contribution in [3.8, 4) is 11.5 Å². The smallest absolute Gasteiger partial charge is 0.410 e. The number of likely N-dealkylation sites (tertiary alicyclic amines) is 2. The van der Waals surface area contributed by atoms with Crippen LogP contribution in [0.25, 0.3) is 0 Å². The van der Waals surface area contributed by atoms with Gasteiger partial charge in [0, 0.05) is 24.9 Å². The highest BCUT2D eigenvalue weighted by Crippen LogP contribution is 2.33. The number of carbonyl (C=O) groups is 2. The van der Waals surface area contributed by atoms with Gasteiger partial charge < -0.3 is 39.0 Å². The van der Waals surface area contributed by atoms with Crippen molar-refractivity contribution in [1.29, 1.82) is 0 Å². The monoisotopic (exact) mass is 802 g/mol. The van der Waals surface area contributed by atoms with Crippen LogP contribution in [0.2, 0.25) is 0 Å². The van der Waals surface area contributed by atoms with E-state index in [2.05, 4.69) is 0 Å². The number of amides is 2. The van der Waals surface area contributed by atoms with Crippen molar-refractivity contribution in [2.75, 3.05) is 26.2 Å². The van der Waals surface area contributed by atoms with Crippen LogP contribution in [-0.2, 0) is 22.7 Å². The standard InChI is InChI=1S/2C23H28FNO4/c2*1-23(2,3)29-22(27)25-12-11-18(20(26)14-25)17-9-10-21(19(24)13-17)28-15-16-7-5-4-6-8-16/h2*4-10,13,18,20,26H,11-12,14-15H2,1-3H3/t2*18-,20+/m10/s1. The molecule has 2 amide bonds. The highest BCUT2D eigenvalue weighted by atomic mass is 19.1. The third kappa shape index (κ3) is 12.9. The van der Waals surface area contributed by atoms with Crippen LogP contribution in [0.4, 0.5) is 18.4 Å². The van der Waals surface area contributed by atoms with E-state index in [0.29, 0.717) is 37.1 Å². The normalized spacial score (nSPS) is 19.7. The van der Waals surface area contributed by atoms with Gasteiger partial charge in [0.2, 0.25) is 0 Å². The summed E-state index contributed by atoms with van der Waals surface area (Å²) < 4.78 is 51.0. The molecule has 0 aliphatic carbocycles. The predicted octanol–water partition coefficient (Wildman–Crippen LogP) is 8.98. The molecule has 2 saturated heterocycles. The molecule has 4 aromatic carbocycles. The fourth-order valence-corrected chi connectivity index (χ4v) is 6.83. The van der Waals surface area contributed by atoms with Gasteiger partial charge in [-0.05, 0) is 101 Å². The predicted molar refractivity (Wildman–Crippen MR) is 217 cm³/mol. The average Bonchev–Trinajstić information content (AvgIpc) is 3.16. The summed E-state index contributed by atoms with van der Waals surface area (Å²) in [6, 6.07) is 28.7. The number of carbonyl (C=O) groups excluding carboxylic acids is 2. The molecule has 4 atom stereocenters. The number of halogens is 2. The summed E-state index contributed by atoms with van der Waals surface area (Å²) in [4.78, 5) is 27.4. The molecular formula is C46H56F2N2O8. The van der Waals surface area contributed by atoms with Crippen LogP contribution >= 0.6 is 0 Å². The number of aliphatic hydroxyl groups is 2. The molecule has 4 aromatic rings. The lowest BCUT2D eigenvalue weighted by Gasteiger charge is -2.37. The quantitative estimate of drug-likeness (QED) is 0.181. The van der Waals surface area contributed by atoms with E-state index in [1.165, 1.54) is 21.9 Å². The van der Waals surface area contributed by atoms with Crippen molar-refractivity contribution < 1.29 is 47.5 Å². The Labute approximate surface area is 340 Å². The summed E-state index contributed by atoms with van der Waals surface area (Å²) in [5.74, 6) is -1.05. The molecule has 12 heteroatoms. The van der Waals surface area contributed by atoms with E-state index in [0.717, 1.165) is 11.1 Å². The Morgan fingerprint density at radius 1 is 0.603 bits per heavy atom. The number of nitrogens with zero attached hydrogens (tertiary/aromatic N) is 2. The maximum Gasteiger partial charge on any atom is 0.410 e. The van der Waals surface area contributed by atoms with Gasteiger partial charge in [-0.3, -0.25) is 0 Å². The maximum absolute atomic E-state index is 14.5. The van der Waals surface area contributed by atoms with E-state index in [9.17, 15) is 28.6 Å². The SMILES string of the molecule is CC(C)(C)OC(=O)N1CC[C@@H](c2ccc(OCc3ccccc3)c(F)c2)[C@H](O)C1.CC(C)(C)OC(=O)N1CC[C@H](c2ccc(OCc3ccccc3)c(F)c2)[C@@H](O)C1. The highest BCUT2D eigenvalue weighted by molar-refractivity contribution is 5.69. The minimum absolute atomic E-state index is 0.160. The molecule has 2 heterocycles. The van der Waals surface area contributed by atoms with E-state index < -0.39 is 47.2 Å². The largest absolute Gasteiger partial charge is 0.486 e.